The van der Waals surface area contributed by atoms with Crippen LogP contribution in [0.3, 0.4) is 0 Å². The van der Waals surface area contributed by atoms with Crippen LogP contribution in [-0.2, 0) is 14.3 Å². The molecule has 0 aromatic carbocycles. The Hall–Kier alpha value is -1.99. The van der Waals surface area contributed by atoms with Crippen LogP contribution in [0.25, 0.3) is 0 Å². The Bertz CT molecular complexity index is 322. The summed E-state index contributed by atoms with van der Waals surface area (Å²) in [6.07, 6.45) is -0.240. The number of nitrogens with one attached hydrogen (secondary N) is 3. The Morgan fingerprint density at radius 1 is 1.05 bits per heavy atom. The summed E-state index contributed by atoms with van der Waals surface area (Å²) in [7, 11) is 1.49. The standard InChI is InChI=1S/C12H23N3O5/c1-4-19-11(17)14-8-6-7-9(10(16)13-3)15-12(18)20-5-2/h9H,4-8H2,1-3H3,(H,13,16)(H,14,17)(H,15,18). The second kappa shape index (κ2) is 10.9. The average Bonchev–Trinajstić information content (AvgIpc) is 2.42. The topological polar surface area (TPSA) is 106 Å². The molecule has 0 radical (unpaired) electrons. The highest BCUT2D eigenvalue weighted by Gasteiger charge is 2.19. The van der Waals surface area contributed by atoms with Crippen LogP contribution in [0.1, 0.15) is 26.7 Å². The summed E-state index contributed by atoms with van der Waals surface area (Å²) >= 11 is 0. The van der Waals surface area contributed by atoms with Crippen LogP contribution in [0.4, 0.5) is 9.59 Å². The van der Waals surface area contributed by atoms with Crippen LogP contribution in [-0.4, -0.2) is 50.9 Å². The molecule has 0 aliphatic heterocycles. The molecule has 0 aliphatic carbocycles. The number of ether oxygens (including phenoxy) is 2. The van der Waals surface area contributed by atoms with Gasteiger partial charge >= 0.3 is 12.2 Å². The van der Waals surface area contributed by atoms with Crippen LogP contribution in [0.5, 0.6) is 0 Å². The van der Waals surface area contributed by atoms with Gasteiger partial charge in [-0.25, -0.2) is 9.59 Å². The van der Waals surface area contributed by atoms with Gasteiger partial charge in [0.1, 0.15) is 6.04 Å². The molecule has 0 fully saturated rings. The lowest BCUT2D eigenvalue weighted by Gasteiger charge is -2.16. The molecule has 20 heavy (non-hydrogen) atoms. The zero-order valence-corrected chi connectivity index (χ0v) is 12.2. The van der Waals surface area contributed by atoms with Gasteiger partial charge in [-0.2, -0.15) is 0 Å². The Morgan fingerprint density at radius 3 is 2.20 bits per heavy atom. The van der Waals surface area contributed by atoms with E-state index in [1.807, 2.05) is 0 Å². The maximum atomic E-state index is 11.6. The molecule has 1 atom stereocenters. The highest BCUT2D eigenvalue weighted by atomic mass is 16.6. The van der Waals surface area contributed by atoms with Gasteiger partial charge < -0.3 is 25.4 Å². The second-order valence-corrected chi connectivity index (χ2v) is 3.82. The number of carbonyl (C=O) groups excluding carboxylic acids is 3. The summed E-state index contributed by atoms with van der Waals surface area (Å²) in [5.74, 6) is -0.311. The monoisotopic (exact) mass is 289 g/mol. The van der Waals surface area contributed by atoms with Crippen LogP contribution in [0.2, 0.25) is 0 Å². The lowest BCUT2D eigenvalue weighted by molar-refractivity contribution is -0.122. The Kier molecular flexibility index (Phi) is 9.81. The molecule has 8 nitrogen and oxygen atoms in total. The minimum atomic E-state index is -0.692. The molecule has 3 N–H and O–H groups in total. The van der Waals surface area contributed by atoms with Crippen molar-refractivity contribution in [3.05, 3.63) is 0 Å². The van der Waals surface area contributed by atoms with Gasteiger partial charge in [-0.1, -0.05) is 0 Å². The predicted octanol–water partition coefficient (Wildman–Crippen LogP) is 0.373. The van der Waals surface area contributed by atoms with Crippen molar-refractivity contribution in [1.82, 2.24) is 16.0 Å². The molecule has 116 valence electrons. The van der Waals surface area contributed by atoms with E-state index in [4.69, 9.17) is 9.47 Å². The number of amides is 3. The summed E-state index contributed by atoms with van der Waals surface area (Å²) < 4.78 is 9.42. The fourth-order valence-electron chi connectivity index (χ4n) is 1.44. The summed E-state index contributed by atoms with van der Waals surface area (Å²) in [5.41, 5.74) is 0. The van der Waals surface area contributed by atoms with Gasteiger partial charge in [0.2, 0.25) is 5.91 Å². The van der Waals surface area contributed by atoms with Gasteiger partial charge in [-0.05, 0) is 26.7 Å². The van der Waals surface area contributed by atoms with Gasteiger partial charge in [0, 0.05) is 13.6 Å². The van der Waals surface area contributed by atoms with Gasteiger partial charge in [0.25, 0.3) is 0 Å². The van der Waals surface area contributed by atoms with E-state index in [0.29, 0.717) is 26.0 Å². The molecule has 3 amide bonds. The minimum absolute atomic E-state index is 0.233. The number of likely N-dealkylation sites (N-methyl/N-ethyl adjacent to an activating group) is 1. The smallest absolute Gasteiger partial charge is 0.407 e. The number of hydrogen-bond donors (Lipinski definition) is 3. The molecule has 0 rings (SSSR count). The molecule has 1 unspecified atom stereocenters. The molecular weight excluding hydrogens is 266 g/mol. The fraction of sp³-hybridized carbons (Fsp3) is 0.750. The molecule has 0 heterocycles. The minimum Gasteiger partial charge on any atom is -0.450 e. The first-order valence-corrected chi connectivity index (χ1v) is 6.60. The number of rotatable bonds is 8. The summed E-state index contributed by atoms with van der Waals surface area (Å²) in [5, 5.41) is 7.46. The Balaban J connectivity index is 4.08. The third kappa shape index (κ3) is 8.17. The predicted molar refractivity (Wildman–Crippen MR) is 72.3 cm³/mol. The lowest BCUT2D eigenvalue weighted by atomic mass is 10.1. The van der Waals surface area contributed by atoms with Crippen LogP contribution < -0.4 is 16.0 Å². The zero-order valence-electron chi connectivity index (χ0n) is 12.2. The van der Waals surface area contributed by atoms with Gasteiger partial charge in [0.05, 0.1) is 13.2 Å². The van der Waals surface area contributed by atoms with Crippen molar-refractivity contribution >= 4 is 18.1 Å². The summed E-state index contributed by atoms with van der Waals surface area (Å²) in [6.45, 7) is 4.28. The summed E-state index contributed by atoms with van der Waals surface area (Å²) in [4.78, 5) is 33.9. The Labute approximate surface area is 118 Å². The third-order valence-electron chi connectivity index (χ3n) is 2.34. The molecular formula is C12H23N3O5. The van der Waals surface area contributed by atoms with Crippen LogP contribution in [0, 0.1) is 0 Å². The fourth-order valence-corrected chi connectivity index (χ4v) is 1.44. The van der Waals surface area contributed by atoms with Crippen molar-refractivity contribution in [2.75, 3.05) is 26.8 Å². The van der Waals surface area contributed by atoms with Crippen LogP contribution in [0.15, 0.2) is 0 Å². The number of hydrogen-bond acceptors (Lipinski definition) is 5. The van der Waals surface area contributed by atoms with Gasteiger partial charge in [-0.3, -0.25) is 4.79 Å². The van der Waals surface area contributed by atoms with Crippen molar-refractivity contribution < 1.29 is 23.9 Å². The van der Waals surface area contributed by atoms with E-state index >= 15 is 0 Å². The maximum Gasteiger partial charge on any atom is 0.407 e. The van der Waals surface area contributed by atoms with Gasteiger partial charge in [0.15, 0.2) is 0 Å². The van der Waals surface area contributed by atoms with Gasteiger partial charge in [-0.15, -0.1) is 0 Å². The Morgan fingerprint density at radius 2 is 1.65 bits per heavy atom. The molecule has 0 aromatic heterocycles. The third-order valence-corrected chi connectivity index (χ3v) is 2.34. The first-order valence-electron chi connectivity index (χ1n) is 6.60. The largest absolute Gasteiger partial charge is 0.450 e. The quantitative estimate of drug-likeness (QED) is 0.560. The molecule has 0 aromatic rings. The molecule has 0 saturated carbocycles. The number of carbonyl (C=O) groups is 3. The molecule has 8 heteroatoms. The van der Waals surface area contributed by atoms with Crippen molar-refractivity contribution in [2.24, 2.45) is 0 Å². The first kappa shape index (κ1) is 18.0. The van der Waals surface area contributed by atoms with E-state index in [2.05, 4.69) is 16.0 Å². The normalized spacial score (nSPS) is 11.2. The van der Waals surface area contributed by atoms with Crippen molar-refractivity contribution in [2.45, 2.75) is 32.7 Å². The van der Waals surface area contributed by atoms with Crippen molar-refractivity contribution in [3.63, 3.8) is 0 Å². The van der Waals surface area contributed by atoms with Crippen molar-refractivity contribution in [1.29, 1.82) is 0 Å². The van der Waals surface area contributed by atoms with E-state index in [-0.39, 0.29) is 12.5 Å². The highest BCUT2D eigenvalue weighted by Crippen LogP contribution is 1.98. The van der Waals surface area contributed by atoms with Crippen LogP contribution >= 0.6 is 0 Å². The summed E-state index contributed by atoms with van der Waals surface area (Å²) in [6, 6.07) is -0.692. The van der Waals surface area contributed by atoms with E-state index in [0.717, 1.165) is 0 Å². The molecule has 0 saturated heterocycles. The van der Waals surface area contributed by atoms with Crippen molar-refractivity contribution in [3.8, 4) is 0 Å². The maximum absolute atomic E-state index is 11.6. The molecule has 0 aliphatic rings. The first-order chi connectivity index (χ1) is 9.54. The lowest BCUT2D eigenvalue weighted by Crippen LogP contribution is -2.46. The van der Waals surface area contributed by atoms with E-state index in [1.165, 1.54) is 7.05 Å². The molecule has 0 bridgehead atoms. The van der Waals surface area contributed by atoms with E-state index < -0.39 is 18.2 Å². The van der Waals surface area contributed by atoms with E-state index in [9.17, 15) is 14.4 Å². The molecule has 0 spiro atoms. The van der Waals surface area contributed by atoms with E-state index in [1.54, 1.807) is 13.8 Å². The highest BCUT2D eigenvalue weighted by molar-refractivity contribution is 5.85. The SMILES string of the molecule is CCOC(=O)NCCCC(NC(=O)OCC)C(=O)NC. The zero-order chi connectivity index (χ0) is 15.4. The second-order valence-electron chi connectivity index (χ2n) is 3.82. The number of alkyl carbamates (subject to hydrolysis) is 2. The average molecular weight is 289 g/mol.